The first-order chi connectivity index (χ1) is 19.0. The van der Waals surface area contributed by atoms with E-state index in [1.165, 1.54) is 12.1 Å². The van der Waals surface area contributed by atoms with Gasteiger partial charge in [0, 0.05) is 68.1 Å². The number of non-ortho nitro benzene ring substituents is 1. The zero-order chi connectivity index (χ0) is 26.9. The minimum atomic E-state index is -0.519. The maximum absolute atomic E-state index is 13.5. The summed E-state index contributed by atoms with van der Waals surface area (Å²) in [6.45, 7) is 3.50. The van der Waals surface area contributed by atoms with Gasteiger partial charge in [0.1, 0.15) is 6.04 Å². The van der Waals surface area contributed by atoms with E-state index in [9.17, 15) is 14.9 Å². The summed E-state index contributed by atoms with van der Waals surface area (Å²) in [4.78, 5) is 31.4. The molecule has 0 spiro atoms. The molecule has 1 N–H and O–H groups in total. The number of tetrazole rings is 1. The van der Waals surface area contributed by atoms with Crippen molar-refractivity contribution >= 4 is 22.3 Å². The van der Waals surface area contributed by atoms with Crippen LogP contribution in [0.4, 0.5) is 11.4 Å². The number of nitro benzene ring substituents is 1. The lowest BCUT2D eigenvalue weighted by molar-refractivity contribution is -0.384. The fourth-order valence-corrected chi connectivity index (χ4v) is 5.08. The highest BCUT2D eigenvalue weighted by molar-refractivity contribution is 5.83. The van der Waals surface area contributed by atoms with Crippen LogP contribution in [0.1, 0.15) is 17.4 Å². The van der Waals surface area contributed by atoms with E-state index in [0.717, 1.165) is 11.1 Å². The summed E-state index contributed by atoms with van der Waals surface area (Å²) in [5.74, 6) is 1.76. The first-order valence-corrected chi connectivity index (χ1v) is 12.5. The van der Waals surface area contributed by atoms with Crippen molar-refractivity contribution in [3.05, 3.63) is 74.3 Å². The topological polar surface area (TPSA) is 154 Å². The molecule has 2 aromatic carbocycles. The lowest BCUT2D eigenvalue weighted by Gasteiger charge is -2.39. The molecule has 0 aliphatic carbocycles. The Hall–Kier alpha value is -4.56. The maximum Gasteiger partial charge on any atom is 0.269 e. The molecule has 1 atom stereocenters. The van der Waals surface area contributed by atoms with Crippen LogP contribution in [0.2, 0.25) is 0 Å². The summed E-state index contributed by atoms with van der Waals surface area (Å²) in [6, 6.07) is 11.5. The fraction of sp³-hybridized carbons (Fsp3) is 0.360. The third kappa shape index (κ3) is 4.75. The highest BCUT2D eigenvalue weighted by Gasteiger charge is 2.33. The molecule has 0 bridgehead atoms. The molecule has 6 rings (SSSR count). The highest BCUT2D eigenvalue weighted by Crippen LogP contribution is 2.36. The van der Waals surface area contributed by atoms with Crippen LogP contribution >= 0.6 is 0 Å². The molecule has 4 aromatic rings. The lowest BCUT2D eigenvalue weighted by Crippen LogP contribution is -2.49. The van der Waals surface area contributed by atoms with Crippen molar-refractivity contribution < 1.29 is 19.1 Å². The van der Waals surface area contributed by atoms with Gasteiger partial charge in [-0.05, 0) is 34.7 Å². The number of piperazine rings is 1. The number of hydrogen-bond donors (Lipinski definition) is 1. The monoisotopic (exact) mass is 534 g/mol. The lowest BCUT2D eigenvalue weighted by atomic mass is 10.0. The smallest absolute Gasteiger partial charge is 0.269 e. The van der Waals surface area contributed by atoms with Gasteiger partial charge in [0.25, 0.3) is 11.2 Å². The standard InChI is InChI=1S/C25H26N8O6/c1-37-11-10-32-24(27-28-29-32)23(19-12-16-13-21-22(39-15-38-21)14-20(16)26-25(19)34)31-8-6-30(7-9-31)17-2-4-18(5-3-17)33(35)36/h2-5,12-14,23H,6-11,15H2,1H3,(H,26,34)/t23-/m0/s1. The van der Waals surface area contributed by atoms with E-state index in [-0.39, 0.29) is 18.0 Å². The SMILES string of the molecule is COCCn1nnnc1[C@H](c1cc2cc3c(cc2[nH]c1=O)OCO3)N1CCN(c2ccc([N+](=O)[O-])cc2)CC1. The van der Waals surface area contributed by atoms with Crippen LogP contribution in [-0.4, -0.2) is 81.7 Å². The number of rotatable bonds is 8. The van der Waals surface area contributed by atoms with Crippen molar-refractivity contribution in [2.24, 2.45) is 0 Å². The number of nitrogens with one attached hydrogen (secondary N) is 1. The van der Waals surface area contributed by atoms with Crippen LogP contribution in [0.3, 0.4) is 0 Å². The third-order valence-corrected chi connectivity index (χ3v) is 7.08. The van der Waals surface area contributed by atoms with Crippen molar-refractivity contribution in [2.45, 2.75) is 12.6 Å². The second kappa shape index (κ2) is 10.3. The van der Waals surface area contributed by atoms with Crippen LogP contribution in [0, 0.1) is 10.1 Å². The summed E-state index contributed by atoms with van der Waals surface area (Å²) in [7, 11) is 1.61. The van der Waals surface area contributed by atoms with Crippen molar-refractivity contribution in [3.8, 4) is 11.5 Å². The predicted molar refractivity (Wildman–Crippen MR) is 139 cm³/mol. The fourth-order valence-electron chi connectivity index (χ4n) is 5.08. The molecular weight excluding hydrogens is 508 g/mol. The van der Waals surface area contributed by atoms with Gasteiger partial charge >= 0.3 is 0 Å². The normalized spacial score (nSPS) is 16.1. The maximum atomic E-state index is 13.5. The highest BCUT2D eigenvalue weighted by atomic mass is 16.7. The number of benzene rings is 2. The molecule has 0 amide bonds. The Morgan fingerprint density at radius 3 is 2.56 bits per heavy atom. The molecule has 1 saturated heterocycles. The quantitative estimate of drug-likeness (QED) is 0.259. The average molecular weight is 535 g/mol. The van der Waals surface area contributed by atoms with Gasteiger partial charge in [0.05, 0.1) is 23.6 Å². The number of aromatic nitrogens is 5. The molecule has 14 nitrogen and oxygen atoms in total. The van der Waals surface area contributed by atoms with Crippen LogP contribution in [0.5, 0.6) is 11.5 Å². The van der Waals surface area contributed by atoms with Crippen LogP contribution in [-0.2, 0) is 11.3 Å². The molecule has 2 aliphatic heterocycles. The van der Waals surface area contributed by atoms with Crippen molar-refractivity contribution in [3.63, 3.8) is 0 Å². The van der Waals surface area contributed by atoms with Crippen molar-refractivity contribution in [1.82, 2.24) is 30.1 Å². The van der Waals surface area contributed by atoms with Crippen LogP contribution in [0.15, 0.2) is 47.3 Å². The zero-order valence-electron chi connectivity index (χ0n) is 21.1. The van der Waals surface area contributed by atoms with Gasteiger partial charge in [-0.1, -0.05) is 0 Å². The van der Waals surface area contributed by atoms with E-state index in [0.29, 0.717) is 67.7 Å². The van der Waals surface area contributed by atoms with E-state index < -0.39 is 11.0 Å². The summed E-state index contributed by atoms with van der Waals surface area (Å²) in [6.07, 6.45) is 0. The predicted octanol–water partition coefficient (Wildman–Crippen LogP) is 1.71. The summed E-state index contributed by atoms with van der Waals surface area (Å²) >= 11 is 0. The molecule has 0 saturated carbocycles. The Labute approximate surface area is 221 Å². The molecule has 202 valence electrons. The molecule has 0 radical (unpaired) electrons. The number of hydrogen-bond acceptors (Lipinski definition) is 11. The number of ether oxygens (including phenoxy) is 3. The summed E-state index contributed by atoms with van der Waals surface area (Å²) in [5.41, 5.74) is 1.87. The van der Waals surface area contributed by atoms with Crippen LogP contribution < -0.4 is 19.9 Å². The van der Waals surface area contributed by atoms with Gasteiger partial charge < -0.3 is 24.1 Å². The Balaban J connectivity index is 1.34. The van der Waals surface area contributed by atoms with Gasteiger partial charge in [0.15, 0.2) is 17.3 Å². The van der Waals surface area contributed by atoms with Gasteiger partial charge in [-0.3, -0.25) is 19.8 Å². The molecular formula is C25H26N8O6. The van der Waals surface area contributed by atoms with Gasteiger partial charge in [0.2, 0.25) is 6.79 Å². The largest absolute Gasteiger partial charge is 0.454 e. The van der Waals surface area contributed by atoms with E-state index in [1.54, 1.807) is 30.0 Å². The van der Waals surface area contributed by atoms with Crippen molar-refractivity contribution in [2.75, 3.05) is 51.6 Å². The molecule has 39 heavy (non-hydrogen) atoms. The number of aromatic amines is 1. The number of anilines is 1. The van der Waals surface area contributed by atoms with Crippen LogP contribution in [0.25, 0.3) is 10.9 Å². The molecule has 4 heterocycles. The second-order valence-corrected chi connectivity index (χ2v) is 9.30. The van der Waals surface area contributed by atoms with Crippen molar-refractivity contribution in [1.29, 1.82) is 0 Å². The number of nitro groups is 1. The Morgan fingerprint density at radius 1 is 1.10 bits per heavy atom. The minimum Gasteiger partial charge on any atom is -0.454 e. The average Bonchev–Trinajstić information content (AvgIpc) is 3.61. The Bertz CT molecular complexity index is 1560. The first-order valence-electron chi connectivity index (χ1n) is 12.5. The summed E-state index contributed by atoms with van der Waals surface area (Å²) in [5, 5.41) is 24.2. The Morgan fingerprint density at radius 2 is 1.85 bits per heavy atom. The second-order valence-electron chi connectivity index (χ2n) is 9.30. The van der Waals surface area contributed by atoms with E-state index in [4.69, 9.17) is 14.2 Å². The molecule has 1 fully saturated rings. The number of methoxy groups -OCH3 is 1. The molecule has 14 heteroatoms. The van der Waals surface area contributed by atoms with E-state index in [1.807, 2.05) is 12.1 Å². The molecule has 2 aromatic heterocycles. The third-order valence-electron chi connectivity index (χ3n) is 7.08. The van der Waals surface area contributed by atoms with Gasteiger partial charge in [-0.2, -0.15) is 0 Å². The number of pyridine rings is 1. The number of fused-ring (bicyclic) bond motifs is 2. The minimum absolute atomic E-state index is 0.0541. The van der Waals surface area contributed by atoms with E-state index >= 15 is 0 Å². The molecule has 2 aliphatic rings. The zero-order valence-corrected chi connectivity index (χ0v) is 21.1. The van der Waals surface area contributed by atoms with Gasteiger partial charge in [-0.15, -0.1) is 5.10 Å². The summed E-state index contributed by atoms with van der Waals surface area (Å²) < 4.78 is 17.9. The number of nitrogens with zero attached hydrogens (tertiary/aromatic N) is 7. The first kappa shape index (κ1) is 24.8. The number of H-pyrrole nitrogens is 1. The molecule has 0 unspecified atom stereocenters. The van der Waals surface area contributed by atoms with Gasteiger partial charge in [-0.25, -0.2) is 4.68 Å². The Kier molecular flexibility index (Phi) is 6.54. The van der Waals surface area contributed by atoms with E-state index in [2.05, 4.69) is 30.3 Å².